The van der Waals surface area contributed by atoms with Crippen molar-refractivity contribution in [2.75, 3.05) is 33.2 Å². The van der Waals surface area contributed by atoms with Crippen LogP contribution in [0.5, 0.6) is 0 Å². The molecule has 130 valence electrons. The number of likely N-dealkylation sites (tertiary alicyclic amines) is 1. The second-order valence-electron chi connectivity index (χ2n) is 6.44. The average Bonchev–Trinajstić information content (AvgIpc) is 3.02. The summed E-state index contributed by atoms with van der Waals surface area (Å²) in [5, 5.41) is 11.5. The quantitative estimate of drug-likeness (QED) is 0.871. The Bertz CT molecular complexity index is 614. The van der Waals surface area contributed by atoms with Gasteiger partial charge >= 0.3 is 6.03 Å². The van der Waals surface area contributed by atoms with Crippen molar-refractivity contribution in [3.63, 3.8) is 0 Å². The van der Waals surface area contributed by atoms with Crippen molar-refractivity contribution in [1.82, 2.24) is 15.1 Å². The molecule has 2 rings (SSSR count). The second kappa shape index (κ2) is 8.65. The third-order valence-electron chi connectivity index (χ3n) is 4.36. The number of nitrogens with zero attached hydrogens (tertiary/aromatic N) is 3. The Kier molecular flexibility index (Phi) is 6.56. The van der Waals surface area contributed by atoms with Crippen LogP contribution in [0.15, 0.2) is 18.2 Å². The Morgan fingerprint density at radius 1 is 1.54 bits per heavy atom. The summed E-state index contributed by atoms with van der Waals surface area (Å²) in [6, 6.07) is 6.03. The molecule has 1 atom stereocenters. The van der Waals surface area contributed by atoms with Crippen LogP contribution in [0, 0.1) is 23.1 Å². The predicted molar refractivity (Wildman–Crippen MR) is 90.8 cm³/mol. The van der Waals surface area contributed by atoms with Gasteiger partial charge in [-0.15, -0.1) is 0 Å². The largest absolute Gasteiger partial charge is 0.334 e. The Morgan fingerprint density at radius 3 is 3.00 bits per heavy atom. The van der Waals surface area contributed by atoms with E-state index in [1.807, 2.05) is 6.07 Å². The molecule has 1 aliphatic rings. The zero-order valence-corrected chi connectivity index (χ0v) is 14.4. The maximum absolute atomic E-state index is 13.8. The van der Waals surface area contributed by atoms with Gasteiger partial charge in [0.2, 0.25) is 0 Å². The van der Waals surface area contributed by atoms with E-state index >= 15 is 0 Å². The molecule has 0 bridgehead atoms. The standard InChI is InChI=1S/C18H25FN4O/c1-3-7-22(2)12-15-6-8-23(13-15)18(24)21-11-16-5-4-14(10-20)9-17(16)19/h4-5,9,15H,3,6-8,11-13H2,1-2H3,(H,21,24). The third kappa shape index (κ3) is 4.93. The fourth-order valence-electron chi connectivity index (χ4n) is 3.12. The van der Waals surface area contributed by atoms with E-state index in [1.54, 1.807) is 17.0 Å². The van der Waals surface area contributed by atoms with Gasteiger partial charge in [0.25, 0.3) is 0 Å². The average molecular weight is 332 g/mol. The summed E-state index contributed by atoms with van der Waals surface area (Å²) in [6.45, 7) is 5.85. The lowest BCUT2D eigenvalue weighted by molar-refractivity contribution is 0.203. The predicted octanol–water partition coefficient (Wildman–Crippen LogP) is 2.57. The number of urea groups is 1. The topological polar surface area (TPSA) is 59.4 Å². The van der Waals surface area contributed by atoms with Crippen molar-refractivity contribution < 1.29 is 9.18 Å². The van der Waals surface area contributed by atoms with E-state index in [2.05, 4.69) is 24.2 Å². The minimum absolute atomic E-state index is 0.132. The van der Waals surface area contributed by atoms with Crippen LogP contribution in [-0.4, -0.2) is 49.1 Å². The molecule has 0 saturated carbocycles. The van der Waals surface area contributed by atoms with Crippen LogP contribution >= 0.6 is 0 Å². The van der Waals surface area contributed by atoms with Gasteiger partial charge in [-0.3, -0.25) is 0 Å². The lowest BCUT2D eigenvalue weighted by Gasteiger charge is -2.21. The number of hydrogen-bond acceptors (Lipinski definition) is 3. The SMILES string of the molecule is CCCN(C)CC1CCN(C(=O)NCc2ccc(C#N)cc2F)C1. The fraction of sp³-hybridized carbons (Fsp3) is 0.556. The van der Waals surface area contributed by atoms with E-state index in [0.717, 1.165) is 39.0 Å². The summed E-state index contributed by atoms with van der Waals surface area (Å²) in [5.74, 6) is 0.0359. The first-order valence-electron chi connectivity index (χ1n) is 8.43. The molecule has 1 heterocycles. The molecular formula is C18H25FN4O. The van der Waals surface area contributed by atoms with Crippen LogP contribution in [0.25, 0.3) is 0 Å². The number of amides is 2. The highest BCUT2D eigenvalue weighted by atomic mass is 19.1. The van der Waals surface area contributed by atoms with Gasteiger partial charge in [0.05, 0.1) is 11.6 Å². The van der Waals surface area contributed by atoms with Crippen molar-refractivity contribution in [2.24, 2.45) is 5.92 Å². The lowest BCUT2D eigenvalue weighted by Crippen LogP contribution is -2.39. The minimum atomic E-state index is -0.463. The monoisotopic (exact) mass is 332 g/mol. The smallest absolute Gasteiger partial charge is 0.317 e. The van der Waals surface area contributed by atoms with Gasteiger partial charge in [-0.25, -0.2) is 9.18 Å². The van der Waals surface area contributed by atoms with Crippen molar-refractivity contribution in [1.29, 1.82) is 5.26 Å². The van der Waals surface area contributed by atoms with Crippen LogP contribution in [0.4, 0.5) is 9.18 Å². The van der Waals surface area contributed by atoms with Crippen LogP contribution in [0.1, 0.15) is 30.9 Å². The Morgan fingerprint density at radius 2 is 2.33 bits per heavy atom. The number of halogens is 1. The molecule has 1 unspecified atom stereocenters. The summed E-state index contributed by atoms with van der Waals surface area (Å²) in [7, 11) is 2.11. The van der Waals surface area contributed by atoms with Gasteiger partial charge in [-0.1, -0.05) is 13.0 Å². The molecule has 0 spiro atoms. The van der Waals surface area contributed by atoms with E-state index in [-0.39, 0.29) is 18.1 Å². The molecule has 1 aromatic rings. The van der Waals surface area contributed by atoms with Gasteiger partial charge in [-0.2, -0.15) is 5.26 Å². The van der Waals surface area contributed by atoms with Crippen LogP contribution in [0.2, 0.25) is 0 Å². The van der Waals surface area contributed by atoms with E-state index in [0.29, 0.717) is 11.5 Å². The summed E-state index contributed by atoms with van der Waals surface area (Å²) in [5.41, 5.74) is 0.668. The Labute approximate surface area is 143 Å². The van der Waals surface area contributed by atoms with Crippen molar-refractivity contribution in [2.45, 2.75) is 26.3 Å². The maximum atomic E-state index is 13.8. The summed E-state index contributed by atoms with van der Waals surface area (Å²) < 4.78 is 13.8. The molecule has 1 N–H and O–H groups in total. The van der Waals surface area contributed by atoms with Crippen LogP contribution in [-0.2, 0) is 6.54 Å². The number of rotatable bonds is 6. The first-order valence-corrected chi connectivity index (χ1v) is 8.43. The summed E-state index contributed by atoms with van der Waals surface area (Å²) in [4.78, 5) is 16.3. The number of nitriles is 1. The van der Waals surface area contributed by atoms with Gasteiger partial charge in [0.15, 0.2) is 0 Å². The molecule has 0 aliphatic carbocycles. The molecule has 1 saturated heterocycles. The zero-order chi connectivity index (χ0) is 17.5. The molecular weight excluding hydrogens is 307 g/mol. The highest BCUT2D eigenvalue weighted by Crippen LogP contribution is 2.17. The molecule has 6 heteroatoms. The molecule has 0 radical (unpaired) electrons. The molecule has 1 fully saturated rings. The molecule has 2 amide bonds. The molecule has 24 heavy (non-hydrogen) atoms. The number of benzene rings is 1. The lowest BCUT2D eigenvalue weighted by atomic mass is 10.1. The van der Waals surface area contributed by atoms with Gasteiger partial charge in [0.1, 0.15) is 5.82 Å². The Hall–Kier alpha value is -2.13. The first-order chi connectivity index (χ1) is 11.5. The third-order valence-corrected chi connectivity index (χ3v) is 4.36. The van der Waals surface area contributed by atoms with E-state index < -0.39 is 5.82 Å². The van der Waals surface area contributed by atoms with Crippen LogP contribution in [0.3, 0.4) is 0 Å². The van der Waals surface area contributed by atoms with E-state index in [9.17, 15) is 9.18 Å². The van der Waals surface area contributed by atoms with Gasteiger partial charge in [-0.05, 0) is 44.5 Å². The number of hydrogen-bond donors (Lipinski definition) is 1. The fourth-order valence-corrected chi connectivity index (χ4v) is 3.12. The molecule has 0 aromatic heterocycles. The molecule has 1 aliphatic heterocycles. The van der Waals surface area contributed by atoms with E-state index in [4.69, 9.17) is 5.26 Å². The van der Waals surface area contributed by atoms with Crippen molar-refractivity contribution in [3.05, 3.63) is 35.1 Å². The van der Waals surface area contributed by atoms with E-state index in [1.165, 1.54) is 6.07 Å². The molecule has 1 aromatic carbocycles. The number of carbonyl (C=O) groups excluding carboxylic acids is 1. The van der Waals surface area contributed by atoms with Crippen LogP contribution < -0.4 is 5.32 Å². The highest BCUT2D eigenvalue weighted by molar-refractivity contribution is 5.74. The maximum Gasteiger partial charge on any atom is 0.317 e. The summed E-state index contributed by atoms with van der Waals surface area (Å²) in [6.07, 6.45) is 2.14. The number of carbonyl (C=O) groups is 1. The molecule has 5 nitrogen and oxygen atoms in total. The summed E-state index contributed by atoms with van der Waals surface area (Å²) >= 11 is 0. The normalized spacial score (nSPS) is 17.1. The number of nitrogens with one attached hydrogen (secondary N) is 1. The van der Waals surface area contributed by atoms with Crippen molar-refractivity contribution in [3.8, 4) is 6.07 Å². The highest BCUT2D eigenvalue weighted by Gasteiger charge is 2.26. The minimum Gasteiger partial charge on any atom is -0.334 e. The Balaban J connectivity index is 1.80. The first kappa shape index (κ1) is 18.2. The second-order valence-corrected chi connectivity index (χ2v) is 6.44. The van der Waals surface area contributed by atoms with Gasteiger partial charge < -0.3 is 15.1 Å². The zero-order valence-electron chi connectivity index (χ0n) is 14.4. The van der Waals surface area contributed by atoms with Gasteiger partial charge in [0, 0.05) is 31.7 Å². The van der Waals surface area contributed by atoms with Crippen molar-refractivity contribution >= 4 is 6.03 Å².